The first kappa shape index (κ1) is 15.4. The van der Waals surface area contributed by atoms with Gasteiger partial charge >= 0.3 is 0 Å². The van der Waals surface area contributed by atoms with Gasteiger partial charge in [0.05, 0.1) is 18.1 Å². The molecule has 5 nitrogen and oxygen atoms in total. The van der Waals surface area contributed by atoms with Crippen LogP contribution < -0.4 is 10.0 Å². The first-order chi connectivity index (χ1) is 10.7. The molecule has 1 atom stereocenters. The van der Waals surface area contributed by atoms with E-state index in [1.807, 2.05) is 30.3 Å². The molecule has 22 heavy (non-hydrogen) atoms. The largest absolute Gasteiger partial charge is 0.380 e. The third-order valence-corrected chi connectivity index (χ3v) is 5.29. The molecular formula is C16H20N2O3S. The minimum atomic E-state index is -3.53. The SMILES string of the molecule is O=S(=O)(NCC1CNCCOC1)c1cccc2ccccc12. The summed E-state index contributed by atoms with van der Waals surface area (Å²) in [6.07, 6.45) is 0. The molecule has 0 bridgehead atoms. The van der Waals surface area contributed by atoms with E-state index in [2.05, 4.69) is 10.0 Å². The molecule has 1 aliphatic rings. The highest BCUT2D eigenvalue weighted by Crippen LogP contribution is 2.22. The van der Waals surface area contributed by atoms with Crippen LogP contribution >= 0.6 is 0 Å². The number of rotatable bonds is 4. The predicted molar refractivity (Wildman–Crippen MR) is 86.3 cm³/mol. The summed E-state index contributed by atoms with van der Waals surface area (Å²) < 4.78 is 33.4. The maximum Gasteiger partial charge on any atom is 0.241 e. The van der Waals surface area contributed by atoms with Gasteiger partial charge in [-0.05, 0) is 11.5 Å². The maximum atomic E-state index is 12.6. The number of benzene rings is 2. The zero-order valence-electron chi connectivity index (χ0n) is 12.3. The molecule has 1 aliphatic heterocycles. The average molecular weight is 320 g/mol. The molecule has 2 aromatic rings. The van der Waals surface area contributed by atoms with Crippen LogP contribution in [0.25, 0.3) is 10.8 Å². The first-order valence-corrected chi connectivity index (χ1v) is 8.91. The van der Waals surface area contributed by atoms with Crippen LogP contribution in [0, 0.1) is 5.92 Å². The van der Waals surface area contributed by atoms with Gasteiger partial charge in [-0.25, -0.2) is 13.1 Å². The van der Waals surface area contributed by atoms with Crippen LogP contribution in [0.5, 0.6) is 0 Å². The minimum absolute atomic E-state index is 0.146. The van der Waals surface area contributed by atoms with Gasteiger partial charge in [0.1, 0.15) is 0 Å². The van der Waals surface area contributed by atoms with Gasteiger partial charge < -0.3 is 10.1 Å². The monoisotopic (exact) mass is 320 g/mol. The van der Waals surface area contributed by atoms with Crippen molar-refractivity contribution in [2.75, 3.05) is 32.8 Å². The van der Waals surface area contributed by atoms with Crippen LogP contribution in [0.2, 0.25) is 0 Å². The minimum Gasteiger partial charge on any atom is -0.380 e. The van der Waals surface area contributed by atoms with Crippen LogP contribution in [-0.2, 0) is 14.8 Å². The number of nitrogens with one attached hydrogen (secondary N) is 2. The Morgan fingerprint density at radius 3 is 2.91 bits per heavy atom. The van der Waals surface area contributed by atoms with Gasteiger partial charge in [0.25, 0.3) is 0 Å². The van der Waals surface area contributed by atoms with Crippen molar-refractivity contribution >= 4 is 20.8 Å². The smallest absolute Gasteiger partial charge is 0.241 e. The third-order valence-electron chi connectivity index (χ3n) is 3.81. The second kappa shape index (κ2) is 6.75. The normalized spacial score (nSPS) is 19.9. The predicted octanol–water partition coefficient (Wildman–Crippen LogP) is 1.35. The Balaban J connectivity index is 1.79. The van der Waals surface area contributed by atoms with Gasteiger partial charge in [-0.1, -0.05) is 36.4 Å². The second-order valence-corrected chi connectivity index (χ2v) is 7.21. The molecule has 2 aromatic carbocycles. The molecule has 3 rings (SSSR count). The van der Waals surface area contributed by atoms with Crippen molar-refractivity contribution in [3.63, 3.8) is 0 Å². The van der Waals surface area contributed by atoms with Crippen molar-refractivity contribution < 1.29 is 13.2 Å². The first-order valence-electron chi connectivity index (χ1n) is 7.43. The average Bonchev–Trinajstić information content (AvgIpc) is 2.81. The number of ether oxygens (including phenoxy) is 1. The highest BCUT2D eigenvalue weighted by atomic mass is 32.2. The number of hydrogen-bond donors (Lipinski definition) is 2. The lowest BCUT2D eigenvalue weighted by atomic mass is 10.1. The Labute approximate surface area is 130 Å². The molecular weight excluding hydrogens is 300 g/mol. The van der Waals surface area contributed by atoms with Crippen LogP contribution in [0.1, 0.15) is 0 Å². The highest BCUT2D eigenvalue weighted by molar-refractivity contribution is 7.89. The van der Waals surface area contributed by atoms with E-state index in [1.165, 1.54) is 0 Å². The van der Waals surface area contributed by atoms with Crippen molar-refractivity contribution in [2.24, 2.45) is 5.92 Å². The summed E-state index contributed by atoms with van der Waals surface area (Å²) in [5, 5.41) is 4.91. The lowest BCUT2D eigenvalue weighted by molar-refractivity contribution is 0.124. The molecule has 1 heterocycles. The molecule has 6 heteroatoms. The topological polar surface area (TPSA) is 67.4 Å². The van der Waals surface area contributed by atoms with Crippen LogP contribution in [0.4, 0.5) is 0 Å². The summed E-state index contributed by atoms with van der Waals surface area (Å²) in [4.78, 5) is 0.327. The molecule has 1 saturated heterocycles. The van der Waals surface area contributed by atoms with Gasteiger partial charge in [-0.3, -0.25) is 0 Å². The molecule has 0 aromatic heterocycles. The van der Waals surface area contributed by atoms with E-state index in [4.69, 9.17) is 4.74 Å². The van der Waals surface area contributed by atoms with Crippen molar-refractivity contribution in [3.05, 3.63) is 42.5 Å². The number of hydrogen-bond acceptors (Lipinski definition) is 4. The van der Waals surface area contributed by atoms with Crippen LogP contribution in [0.3, 0.4) is 0 Å². The molecule has 0 saturated carbocycles. The Morgan fingerprint density at radius 2 is 2.00 bits per heavy atom. The van der Waals surface area contributed by atoms with Crippen LogP contribution in [0.15, 0.2) is 47.4 Å². The van der Waals surface area contributed by atoms with Gasteiger partial charge in [0.15, 0.2) is 0 Å². The molecule has 0 spiro atoms. The van der Waals surface area contributed by atoms with E-state index < -0.39 is 10.0 Å². The lowest BCUT2D eigenvalue weighted by Crippen LogP contribution is -2.35. The summed E-state index contributed by atoms with van der Waals surface area (Å²) in [6.45, 7) is 3.20. The highest BCUT2D eigenvalue weighted by Gasteiger charge is 2.20. The van der Waals surface area contributed by atoms with E-state index in [0.717, 1.165) is 23.9 Å². The van der Waals surface area contributed by atoms with Gasteiger partial charge in [0, 0.05) is 30.9 Å². The zero-order valence-corrected chi connectivity index (χ0v) is 13.1. The van der Waals surface area contributed by atoms with Gasteiger partial charge in [-0.15, -0.1) is 0 Å². The van der Waals surface area contributed by atoms with Crippen molar-refractivity contribution in [2.45, 2.75) is 4.90 Å². The Hall–Kier alpha value is -1.47. The van der Waals surface area contributed by atoms with Crippen molar-refractivity contribution in [3.8, 4) is 0 Å². The second-order valence-electron chi connectivity index (χ2n) is 5.47. The van der Waals surface area contributed by atoms with E-state index in [-0.39, 0.29) is 5.92 Å². The molecule has 2 N–H and O–H groups in total. The fourth-order valence-corrected chi connectivity index (χ4v) is 3.97. The Morgan fingerprint density at radius 1 is 1.18 bits per heavy atom. The van der Waals surface area contributed by atoms with Crippen molar-refractivity contribution in [1.82, 2.24) is 10.0 Å². The van der Waals surface area contributed by atoms with Gasteiger partial charge in [-0.2, -0.15) is 0 Å². The van der Waals surface area contributed by atoms with Gasteiger partial charge in [0.2, 0.25) is 10.0 Å². The molecule has 1 fully saturated rings. The number of sulfonamides is 1. The van der Waals surface area contributed by atoms with Crippen molar-refractivity contribution in [1.29, 1.82) is 0 Å². The molecule has 1 unspecified atom stereocenters. The summed E-state index contributed by atoms with van der Waals surface area (Å²) in [6, 6.07) is 12.8. The summed E-state index contributed by atoms with van der Waals surface area (Å²) >= 11 is 0. The Bertz CT molecular complexity index is 733. The fraction of sp³-hybridized carbons (Fsp3) is 0.375. The quantitative estimate of drug-likeness (QED) is 0.892. The van der Waals surface area contributed by atoms with E-state index in [0.29, 0.717) is 24.7 Å². The Kier molecular flexibility index (Phi) is 4.73. The fourth-order valence-electron chi connectivity index (χ4n) is 2.63. The third kappa shape index (κ3) is 3.47. The molecule has 0 aliphatic carbocycles. The van der Waals surface area contributed by atoms with E-state index in [9.17, 15) is 8.42 Å². The van der Waals surface area contributed by atoms with Crippen LogP contribution in [-0.4, -0.2) is 41.3 Å². The molecule has 118 valence electrons. The molecule has 0 radical (unpaired) electrons. The lowest BCUT2D eigenvalue weighted by Gasteiger charge is -2.15. The zero-order chi connectivity index (χ0) is 15.4. The molecule has 0 amide bonds. The van der Waals surface area contributed by atoms with E-state index >= 15 is 0 Å². The number of fused-ring (bicyclic) bond motifs is 1. The van der Waals surface area contributed by atoms with E-state index in [1.54, 1.807) is 12.1 Å². The maximum absolute atomic E-state index is 12.6. The summed E-state index contributed by atoms with van der Waals surface area (Å²) in [5.41, 5.74) is 0. The summed E-state index contributed by atoms with van der Waals surface area (Å²) in [7, 11) is -3.53. The standard InChI is InChI=1S/C16H20N2O3S/c19-22(20,18-11-13-10-17-8-9-21-12-13)16-7-3-5-14-4-1-2-6-15(14)16/h1-7,13,17-18H,8-12H2. The summed E-state index contributed by atoms with van der Waals surface area (Å²) in [5.74, 6) is 0.146.